The van der Waals surface area contributed by atoms with Gasteiger partial charge in [0.05, 0.1) is 25.5 Å². The van der Waals surface area contributed by atoms with Crippen LogP contribution in [0.2, 0.25) is 0 Å². The van der Waals surface area contributed by atoms with Crippen molar-refractivity contribution in [2.45, 2.75) is 0 Å². The van der Waals surface area contributed by atoms with Crippen LogP contribution in [0.15, 0.2) is 48.9 Å². The van der Waals surface area contributed by atoms with E-state index in [0.717, 1.165) is 16.8 Å². The van der Waals surface area contributed by atoms with E-state index in [9.17, 15) is 4.79 Å². The van der Waals surface area contributed by atoms with Gasteiger partial charge in [-0.2, -0.15) is 5.10 Å². The minimum Gasteiger partial charge on any atom is -0.495 e. The molecule has 0 bridgehead atoms. The molecule has 0 radical (unpaired) electrons. The molecule has 3 rings (SSSR count). The van der Waals surface area contributed by atoms with Crippen molar-refractivity contribution >= 4 is 5.91 Å². The van der Waals surface area contributed by atoms with Gasteiger partial charge in [-0.1, -0.05) is 12.1 Å². The standard InChI is InChI=1S/C18H18N4O3/c1-22-10-8-16(20-22)14-6-4-5-13(17(14)24-2)12-7-9-19-11-15(12)18(23)21-25-3/h4-11H,1-3H3,(H,21,23). The van der Waals surface area contributed by atoms with Crippen LogP contribution in [-0.2, 0) is 11.9 Å². The van der Waals surface area contributed by atoms with Crippen LogP contribution in [0.1, 0.15) is 10.4 Å². The zero-order chi connectivity index (χ0) is 17.8. The highest BCUT2D eigenvalue weighted by molar-refractivity contribution is 6.01. The summed E-state index contributed by atoms with van der Waals surface area (Å²) in [6.45, 7) is 0. The molecule has 1 aromatic carbocycles. The Hall–Kier alpha value is -3.19. The number of aromatic nitrogens is 3. The number of hydrogen-bond donors (Lipinski definition) is 1. The number of ether oxygens (including phenoxy) is 1. The molecule has 128 valence electrons. The van der Waals surface area contributed by atoms with Gasteiger partial charge in [-0.15, -0.1) is 0 Å². The molecule has 2 aromatic heterocycles. The van der Waals surface area contributed by atoms with Crippen molar-refractivity contribution in [2.75, 3.05) is 14.2 Å². The minimum atomic E-state index is -0.379. The maximum Gasteiger partial charge on any atom is 0.277 e. The monoisotopic (exact) mass is 338 g/mol. The Morgan fingerprint density at radius 1 is 1.12 bits per heavy atom. The number of rotatable bonds is 5. The third kappa shape index (κ3) is 3.22. The van der Waals surface area contributed by atoms with E-state index in [4.69, 9.17) is 9.57 Å². The average Bonchev–Trinajstić information content (AvgIpc) is 3.07. The van der Waals surface area contributed by atoms with Crippen molar-refractivity contribution in [3.05, 3.63) is 54.5 Å². The fourth-order valence-electron chi connectivity index (χ4n) is 2.69. The Labute approximate surface area is 145 Å². The highest BCUT2D eigenvalue weighted by atomic mass is 16.6. The maximum absolute atomic E-state index is 12.3. The molecule has 1 N–H and O–H groups in total. The third-order valence-corrected chi connectivity index (χ3v) is 3.76. The number of hydroxylamine groups is 1. The SMILES string of the molecule is CONC(=O)c1cnccc1-c1cccc(-c2ccn(C)n2)c1OC. The van der Waals surface area contributed by atoms with E-state index in [-0.39, 0.29) is 5.91 Å². The first-order chi connectivity index (χ1) is 12.2. The first kappa shape index (κ1) is 16.7. The molecule has 0 saturated carbocycles. The predicted molar refractivity (Wildman–Crippen MR) is 92.9 cm³/mol. The third-order valence-electron chi connectivity index (χ3n) is 3.76. The van der Waals surface area contributed by atoms with E-state index in [1.54, 1.807) is 24.1 Å². The molecule has 0 aliphatic rings. The van der Waals surface area contributed by atoms with E-state index in [1.807, 2.05) is 37.5 Å². The molecule has 7 nitrogen and oxygen atoms in total. The first-order valence-corrected chi connectivity index (χ1v) is 7.60. The van der Waals surface area contributed by atoms with Gasteiger partial charge in [0.2, 0.25) is 0 Å². The van der Waals surface area contributed by atoms with Crippen LogP contribution >= 0.6 is 0 Å². The molecule has 3 aromatic rings. The summed E-state index contributed by atoms with van der Waals surface area (Å²) in [5, 5.41) is 4.44. The van der Waals surface area contributed by atoms with E-state index < -0.39 is 0 Å². The topological polar surface area (TPSA) is 78.3 Å². The maximum atomic E-state index is 12.3. The Balaban J connectivity index is 2.18. The minimum absolute atomic E-state index is 0.379. The molecular weight excluding hydrogens is 320 g/mol. The van der Waals surface area contributed by atoms with Gasteiger partial charge in [0.15, 0.2) is 0 Å². The number of pyridine rings is 1. The molecule has 25 heavy (non-hydrogen) atoms. The fraction of sp³-hybridized carbons (Fsp3) is 0.167. The zero-order valence-electron chi connectivity index (χ0n) is 14.2. The van der Waals surface area contributed by atoms with Crippen molar-refractivity contribution < 1.29 is 14.4 Å². The van der Waals surface area contributed by atoms with Crippen LogP contribution in [0, 0.1) is 0 Å². The number of nitrogens with one attached hydrogen (secondary N) is 1. The molecule has 0 fully saturated rings. The van der Waals surface area contributed by atoms with Gasteiger partial charge >= 0.3 is 0 Å². The lowest BCUT2D eigenvalue weighted by Gasteiger charge is -2.15. The lowest BCUT2D eigenvalue weighted by Crippen LogP contribution is -2.22. The van der Waals surface area contributed by atoms with Crippen LogP contribution in [0.4, 0.5) is 0 Å². The molecule has 0 aliphatic carbocycles. The number of carbonyl (C=O) groups excluding carboxylic acids is 1. The van der Waals surface area contributed by atoms with Crippen molar-refractivity contribution in [1.29, 1.82) is 0 Å². The number of nitrogens with zero attached hydrogens (tertiary/aromatic N) is 3. The van der Waals surface area contributed by atoms with Gasteiger partial charge in [-0.3, -0.25) is 19.3 Å². The summed E-state index contributed by atoms with van der Waals surface area (Å²) in [6, 6.07) is 9.41. The second kappa shape index (κ2) is 7.14. The number of benzene rings is 1. The van der Waals surface area contributed by atoms with E-state index >= 15 is 0 Å². The number of methoxy groups -OCH3 is 1. The zero-order valence-corrected chi connectivity index (χ0v) is 14.2. The lowest BCUT2D eigenvalue weighted by atomic mass is 9.97. The van der Waals surface area contributed by atoms with Crippen LogP contribution in [0.5, 0.6) is 5.75 Å². The smallest absolute Gasteiger partial charge is 0.277 e. The summed E-state index contributed by atoms with van der Waals surface area (Å²) in [6.07, 6.45) is 4.99. The number of para-hydroxylation sites is 1. The number of hydrogen-bond acceptors (Lipinski definition) is 5. The second-order valence-electron chi connectivity index (χ2n) is 5.32. The fourth-order valence-corrected chi connectivity index (χ4v) is 2.69. The van der Waals surface area contributed by atoms with Crippen molar-refractivity contribution in [3.63, 3.8) is 0 Å². The summed E-state index contributed by atoms with van der Waals surface area (Å²) in [5.74, 6) is 0.259. The lowest BCUT2D eigenvalue weighted by molar-refractivity contribution is 0.0538. The Bertz CT molecular complexity index is 905. The molecule has 0 saturated heterocycles. The molecule has 7 heteroatoms. The summed E-state index contributed by atoms with van der Waals surface area (Å²) in [7, 11) is 4.84. The molecular formula is C18H18N4O3. The van der Waals surface area contributed by atoms with Crippen LogP contribution in [-0.4, -0.2) is 34.9 Å². The average molecular weight is 338 g/mol. The highest BCUT2D eigenvalue weighted by Crippen LogP contribution is 2.39. The van der Waals surface area contributed by atoms with Crippen LogP contribution < -0.4 is 10.2 Å². The Morgan fingerprint density at radius 2 is 1.92 bits per heavy atom. The van der Waals surface area contributed by atoms with Gasteiger partial charge < -0.3 is 4.74 Å². The Morgan fingerprint density at radius 3 is 2.60 bits per heavy atom. The summed E-state index contributed by atoms with van der Waals surface area (Å²) < 4.78 is 7.38. The van der Waals surface area contributed by atoms with Gasteiger partial charge in [0, 0.05) is 42.3 Å². The number of carbonyl (C=O) groups is 1. The van der Waals surface area contributed by atoms with Crippen molar-refractivity contribution in [1.82, 2.24) is 20.2 Å². The number of amides is 1. The number of aryl methyl sites for hydroxylation is 1. The van der Waals surface area contributed by atoms with Gasteiger partial charge in [0.1, 0.15) is 5.75 Å². The van der Waals surface area contributed by atoms with Crippen LogP contribution in [0.25, 0.3) is 22.4 Å². The van der Waals surface area contributed by atoms with Gasteiger partial charge in [-0.05, 0) is 18.2 Å². The molecule has 0 spiro atoms. The molecule has 0 aliphatic heterocycles. The predicted octanol–water partition coefficient (Wildman–Crippen LogP) is 2.45. The van der Waals surface area contributed by atoms with E-state index in [1.165, 1.54) is 13.3 Å². The van der Waals surface area contributed by atoms with Crippen molar-refractivity contribution in [3.8, 4) is 28.1 Å². The molecule has 0 atom stereocenters. The summed E-state index contributed by atoms with van der Waals surface area (Å²) in [4.78, 5) is 21.0. The first-order valence-electron chi connectivity index (χ1n) is 7.60. The van der Waals surface area contributed by atoms with Crippen LogP contribution in [0.3, 0.4) is 0 Å². The quantitative estimate of drug-likeness (QED) is 0.723. The van der Waals surface area contributed by atoms with Gasteiger partial charge in [0.25, 0.3) is 5.91 Å². The second-order valence-corrected chi connectivity index (χ2v) is 5.32. The van der Waals surface area contributed by atoms with E-state index in [0.29, 0.717) is 16.9 Å². The summed E-state index contributed by atoms with van der Waals surface area (Å²) >= 11 is 0. The molecule has 1 amide bonds. The normalized spacial score (nSPS) is 10.5. The van der Waals surface area contributed by atoms with E-state index in [2.05, 4.69) is 15.6 Å². The largest absolute Gasteiger partial charge is 0.495 e. The Kier molecular flexibility index (Phi) is 4.76. The van der Waals surface area contributed by atoms with Crippen molar-refractivity contribution in [2.24, 2.45) is 7.05 Å². The summed E-state index contributed by atoms with van der Waals surface area (Å²) in [5.41, 5.74) is 5.81. The van der Waals surface area contributed by atoms with Gasteiger partial charge in [-0.25, -0.2) is 5.48 Å². The molecule has 2 heterocycles. The highest BCUT2D eigenvalue weighted by Gasteiger charge is 2.19. The molecule has 0 unspecified atom stereocenters.